The Hall–Kier alpha value is -2.55. The summed E-state index contributed by atoms with van der Waals surface area (Å²) in [6.07, 6.45) is 3.29. The first-order valence-corrected chi connectivity index (χ1v) is 8.97. The minimum absolute atomic E-state index is 0.127. The third kappa shape index (κ3) is 5.76. The molecule has 140 valence electrons. The van der Waals surface area contributed by atoms with Crippen molar-refractivity contribution in [3.8, 4) is 11.4 Å². The van der Waals surface area contributed by atoms with E-state index in [-0.39, 0.29) is 5.92 Å². The van der Waals surface area contributed by atoms with Crippen LogP contribution in [0.2, 0.25) is 0 Å². The highest BCUT2D eigenvalue weighted by Crippen LogP contribution is 2.20. The summed E-state index contributed by atoms with van der Waals surface area (Å²) in [5.41, 5.74) is 0.180. The molecule has 0 saturated carbocycles. The Morgan fingerprint density at radius 1 is 1.19 bits per heavy atom. The van der Waals surface area contributed by atoms with Crippen LogP contribution in [0.4, 0.5) is 9.93 Å². The van der Waals surface area contributed by atoms with Crippen LogP contribution in [-0.2, 0) is 9.53 Å². The highest BCUT2D eigenvalue weighted by Gasteiger charge is 2.29. The molecule has 0 aliphatic heterocycles. The summed E-state index contributed by atoms with van der Waals surface area (Å²) in [4.78, 5) is 32.7. The van der Waals surface area contributed by atoms with Crippen molar-refractivity contribution < 1.29 is 14.3 Å². The van der Waals surface area contributed by atoms with E-state index < -0.39 is 23.6 Å². The van der Waals surface area contributed by atoms with E-state index in [1.165, 1.54) is 0 Å². The number of aromatic nitrogens is 3. The normalized spacial score (nSPS) is 12.5. The van der Waals surface area contributed by atoms with Gasteiger partial charge in [-0.15, -0.1) is 0 Å². The van der Waals surface area contributed by atoms with Crippen LogP contribution >= 0.6 is 11.5 Å². The van der Waals surface area contributed by atoms with Crippen molar-refractivity contribution >= 4 is 28.7 Å². The Balaban J connectivity index is 2.00. The lowest BCUT2D eigenvalue weighted by molar-refractivity contribution is -0.158. The Morgan fingerprint density at radius 3 is 2.42 bits per heavy atom. The summed E-state index contributed by atoms with van der Waals surface area (Å²) in [5, 5.41) is 5.58. The summed E-state index contributed by atoms with van der Waals surface area (Å²) in [6, 6.07) is 2.26. The molecular weight excluding hydrogens is 354 g/mol. The van der Waals surface area contributed by atoms with Crippen LogP contribution in [-0.4, -0.2) is 38.0 Å². The van der Waals surface area contributed by atoms with Gasteiger partial charge in [-0.25, -0.2) is 9.59 Å². The third-order valence-electron chi connectivity index (χ3n) is 3.20. The predicted octanol–water partition coefficient (Wildman–Crippen LogP) is 3.09. The number of anilines is 1. The SMILES string of the molecule is CC(C)[C@H](NC(=O)Nc1nc(-c2ccncc2)ns1)C(=O)OC(C)(C)C. The molecule has 8 nitrogen and oxygen atoms in total. The maximum Gasteiger partial charge on any atom is 0.329 e. The van der Waals surface area contributed by atoms with Crippen LogP contribution in [0.1, 0.15) is 34.6 Å². The van der Waals surface area contributed by atoms with Gasteiger partial charge in [0.2, 0.25) is 5.13 Å². The lowest BCUT2D eigenvalue weighted by Gasteiger charge is -2.26. The number of amides is 2. The Kier molecular flexibility index (Phi) is 6.25. The van der Waals surface area contributed by atoms with Crippen molar-refractivity contribution in [2.75, 3.05) is 5.32 Å². The van der Waals surface area contributed by atoms with Gasteiger partial charge >= 0.3 is 12.0 Å². The van der Waals surface area contributed by atoms with Gasteiger partial charge in [-0.2, -0.15) is 9.36 Å². The second-order valence-electron chi connectivity index (χ2n) is 7.01. The summed E-state index contributed by atoms with van der Waals surface area (Å²) >= 11 is 1.06. The van der Waals surface area contributed by atoms with Gasteiger partial charge < -0.3 is 10.1 Å². The van der Waals surface area contributed by atoms with E-state index in [4.69, 9.17) is 4.74 Å². The first-order chi connectivity index (χ1) is 12.2. The lowest BCUT2D eigenvalue weighted by atomic mass is 10.0. The number of carbonyl (C=O) groups excluding carboxylic acids is 2. The van der Waals surface area contributed by atoms with Gasteiger partial charge in [0.15, 0.2) is 5.82 Å². The minimum Gasteiger partial charge on any atom is -0.458 e. The zero-order valence-corrected chi connectivity index (χ0v) is 16.3. The van der Waals surface area contributed by atoms with Crippen LogP contribution in [0.5, 0.6) is 0 Å². The number of carbonyl (C=O) groups is 2. The van der Waals surface area contributed by atoms with Crippen LogP contribution < -0.4 is 10.6 Å². The molecule has 0 fully saturated rings. The molecule has 0 aliphatic carbocycles. The van der Waals surface area contributed by atoms with Gasteiger partial charge in [-0.1, -0.05) is 13.8 Å². The molecule has 26 heavy (non-hydrogen) atoms. The van der Waals surface area contributed by atoms with Crippen molar-refractivity contribution in [1.29, 1.82) is 0 Å². The van der Waals surface area contributed by atoms with E-state index >= 15 is 0 Å². The quantitative estimate of drug-likeness (QED) is 0.776. The molecule has 0 unspecified atom stereocenters. The number of nitrogens with zero attached hydrogens (tertiary/aromatic N) is 3. The summed E-state index contributed by atoms with van der Waals surface area (Å²) in [5.74, 6) is -0.102. The van der Waals surface area contributed by atoms with E-state index in [1.54, 1.807) is 45.3 Å². The number of esters is 1. The molecule has 0 aromatic carbocycles. The number of nitrogens with one attached hydrogen (secondary N) is 2. The molecule has 0 radical (unpaired) electrons. The number of urea groups is 1. The Morgan fingerprint density at radius 2 is 1.85 bits per heavy atom. The fourth-order valence-corrected chi connectivity index (χ4v) is 2.61. The molecular formula is C17H23N5O3S. The van der Waals surface area contributed by atoms with E-state index in [1.807, 2.05) is 13.8 Å². The number of hydrogen-bond donors (Lipinski definition) is 2. The van der Waals surface area contributed by atoms with Crippen molar-refractivity contribution in [2.45, 2.75) is 46.3 Å². The largest absolute Gasteiger partial charge is 0.458 e. The van der Waals surface area contributed by atoms with Crippen LogP contribution in [0.3, 0.4) is 0 Å². The van der Waals surface area contributed by atoms with Crippen LogP contribution in [0.25, 0.3) is 11.4 Å². The maximum absolute atomic E-state index is 12.3. The number of ether oxygens (including phenoxy) is 1. The number of hydrogen-bond acceptors (Lipinski definition) is 7. The van der Waals surface area contributed by atoms with Crippen LogP contribution in [0, 0.1) is 5.92 Å². The van der Waals surface area contributed by atoms with E-state index in [0.717, 1.165) is 17.1 Å². The fraction of sp³-hybridized carbons (Fsp3) is 0.471. The van der Waals surface area contributed by atoms with E-state index in [2.05, 4.69) is 25.0 Å². The number of rotatable bonds is 5. The second-order valence-corrected chi connectivity index (χ2v) is 7.76. The van der Waals surface area contributed by atoms with Gasteiger partial charge in [0, 0.05) is 29.5 Å². The zero-order chi connectivity index (χ0) is 19.3. The number of pyridine rings is 1. The molecule has 2 rings (SSSR count). The molecule has 0 saturated heterocycles. The van der Waals surface area contributed by atoms with E-state index in [0.29, 0.717) is 11.0 Å². The molecule has 2 aromatic heterocycles. The van der Waals surface area contributed by atoms with Gasteiger partial charge in [-0.3, -0.25) is 10.3 Å². The maximum atomic E-state index is 12.3. The molecule has 0 bridgehead atoms. The van der Waals surface area contributed by atoms with Gasteiger partial charge in [0.1, 0.15) is 11.6 Å². The second kappa shape index (κ2) is 8.22. The Bertz CT molecular complexity index is 755. The molecule has 2 heterocycles. The summed E-state index contributed by atoms with van der Waals surface area (Å²) in [6.45, 7) is 9.02. The minimum atomic E-state index is -0.762. The van der Waals surface area contributed by atoms with Gasteiger partial charge in [-0.05, 0) is 38.8 Å². The monoisotopic (exact) mass is 377 g/mol. The Labute approximate surface area is 156 Å². The molecule has 2 N–H and O–H groups in total. The average Bonchev–Trinajstić information content (AvgIpc) is 3.00. The molecule has 9 heteroatoms. The average molecular weight is 377 g/mol. The molecule has 0 aliphatic rings. The fourth-order valence-electron chi connectivity index (χ4n) is 2.03. The lowest BCUT2D eigenvalue weighted by Crippen LogP contribution is -2.48. The summed E-state index contributed by atoms with van der Waals surface area (Å²) < 4.78 is 9.57. The highest BCUT2D eigenvalue weighted by atomic mass is 32.1. The van der Waals surface area contributed by atoms with Gasteiger partial charge in [0.05, 0.1) is 0 Å². The van der Waals surface area contributed by atoms with Crippen LogP contribution in [0.15, 0.2) is 24.5 Å². The third-order valence-corrected chi connectivity index (χ3v) is 3.83. The van der Waals surface area contributed by atoms with Crippen molar-refractivity contribution in [1.82, 2.24) is 19.7 Å². The molecule has 2 aromatic rings. The first-order valence-electron chi connectivity index (χ1n) is 8.20. The molecule has 2 amide bonds. The molecule has 0 spiro atoms. The highest BCUT2D eigenvalue weighted by molar-refractivity contribution is 7.10. The van der Waals surface area contributed by atoms with Gasteiger partial charge in [0.25, 0.3) is 0 Å². The standard InChI is InChI=1S/C17H23N5O3S/c1-10(2)12(14(23)25-17(3,4)5)19-15(24)21-16-20-13(22-26-16)11-6-8-18-9-7-11/h6-10,12H,1-5H3,(H2,19,20,21,22,24)/t12-/m0/s1. The van der Waals surface area contributed by atoms with E-state index in [9.17, 15) is 9.59 Å². The van der Waals surface area contributed by atoms with Crippen molar-refractivity contribution in [2.24, 2.45) is 5.92 Å². The predicted molar refractivity (Wildman–Crippen MR) is 99.8 cm³/mol. The zero-order valence-electron chi connectivity index (χ0n) is 15.4. The van der Waals surface area contributed by atoms with Crippen molar-refractivity contribution in [3.05, 3.63) is 24.5 Å². The topological polar surface area (TPSA) is 106 Å². The first kappa shape index (κ1) is 19.8. The summed E-state index contributed by atoms with van der Waals surface area (Å²) in [7, 11) is 0. The molecule has 1 atom stereocenters. The van der Waals surface area contributed by atoms with Crippen molar-refractivity contribution in [3.63, 3.8) is 0 Å². The smallest absolute Gasteiger partial charge is 0.329 e.